The first-order valence-corrected chi connectivity index (χ1v) is 11.8. The lowest BCUT2D eigenvalue weighted by Gasteiger charge is -2.18. The molecule has 4 heterocycles. The minimum Gasteiger partial charge on any atom is -0.497 e. The molecular weight excluding hydrogens is 436 g/mol. The third-order valence-corrected chi connectivity index (χ3v) is 7.68. The van der Waals surface area contributed by atoms with E-state index in [-0.39, 0.29) is 28.7 Å². The highest BCUT2D eigenvalue weighted by molar-refractivity contribution is 7.91. The number of aryl methyl sites for hydroxylation is 1. The SMILES string of the molecule is COc1ccc(N2C(=O)c3cnc4c(c(C)nn4C4CCS(=O)(=O)C4)c3C2=O)c(OC)c1. The number of anilines is 1. The minimum atomic E-state index is -3.13. The number of nitrogens with zero attached hydrogens (tertiary/aromatic N) is 4. The third-order valence-electron chi connectivity index (χ3n) is 5.93. The molecule has 2 aliphatic heterocycles. The van der Waals surface area contributed by atoms with Crippen LogP contribution in [0.1, 0.15) is 38.9 Å². The van der Waals surface area contributed by atoms with E-state index in [0.29, 0.717) is 40.3 Å². The predicted molar refractivity (Wildman–Crippen MR) is 115 cm³/mol. The summed E-state index contributed by atoms with van der Waals surface area (Å²) in [6.07, 6.45) is 1.79. The van der Waals surface area contributed by atoms with Gasteiger partial charge in [0.1, 0.15) is 11.5 Å². The van der Waals surface area contributed by atoms with Crippen LogP contribution in [0.3, 0.4) is 0 Å². The molecule has 32 heavy (non-hydrogen) atoms. The average Bonchev–Trinajstić information content (AvgIpc) is 3.39. The zero-order chi connectivity index (χ0) is 22.8. The Balaban J connectivity index is 1.65. The topological polar surface area (TPSA) is 121 Å². The first kappa shape index (κ1) is 20.4. The number of aromatic nitrogens is 3. The summed E-state index contributed by atoms with van der Waals surface area (Å²) in [6.45, 7) is 1.72. The van der Waals surface area contributed by atoms with Crippen molar-refractivity contribution in [2.75, 3.05) is 30.6 Å². The van der Waals surface area contributed by atoms with Gasteiger partial charge in [0.05, 0.1) is 59.7 Å². The molecule has 1 unspecified atom stereocenters. The fraction of sp³-hybridized carbons (Fsp3) is 0.333. The standard InChI is InChI=1S/C21H20N4O6S/c1-11-17-18-14(9-22-19(17)25(23-11)12-6-7-32(28,29)10-12)20(26)24(21(18)27)15-5-4-13(30-2)8-16(15)31-3/h4-5,8-9,12H,6-7,10H2,1-3H3. The van der Waals surface area contributed by atoms with Gasteiger partial charge < -0.3 is 9.47 Å². The fourth-order valence-electron chi connectivity index (χ4n) is 4.40. The Bertz CT molecular complexity index is 1410. The molecule has 1 aromatic carbocycles. The maximum absolute atomic E-state index is 13.5. The fourth-order valence-corrected chi connectivity index (χ4v) is 6.09. The highest BCUT2D eigenvalue weighted by Gasteiger charge is 2.42. The second-order valence-corrected chi connectivity index (χ2v) is 10.0. The molecule has 0 spiro atoms. The molecule has 1 atom stereocenters. The molecule has 0 N–H and O–H groups in total. The lowest BCUT2D eigenvalue weighted by molar-refractivity contribution is 0.0925. The number of carbonyl (C=O) groups is 2. The van der Waals surface area contributed by atoms with Gasteiger partial charge in [0.2, 0.25) is 0 Å². The summed E-state index contributed by atoms with van der Waals surface area (Å²) >= 11 is 0. The van der Waals surface area contributed by atoms with Crippen LogP contribution in [0.4, 0.5) is 5.69 Å². The van der Waals surface area contributed by atoms with Gasteiger partial charge in [-0.05, 0) is 25.5 Å². The van der Waals surface area contributed by atoms with Crippen LogP contribution in [-0.2, 0) is 9.84 Å². The third kappa shape index (κ3) is 2.88. The van der Waals surface area contributed by atoms with Gasteiger partial charge in [0.25, 0.3) is 11.8 Å². The van der Waals surface area contributed by atoms with E-state index in [4.69, 9.17) is 9.47 Å². The Kier molecular flexibility index (Phi) is 4.48. The molecule has 2 amide bonds. The molecule has 0 radical (unpaired) electrons. The molecule has 5 rings (SSSR count). The highest BCUT2D eigenvalue weighted by Crippen LogP contribution is 2.40. The van der Waals surface area contributed by atoms with Gasteiger partial charge in [-0.15, -0.1) is 0 Å². The number of imide groups is 1. The van der Waals surface area contributed by atoms with Crippen LogP contribution in [0, 0.1) is 6.92 Å². The van der Waals surface area contributed by atoms with Gasteiger partial charge in [0, 0.05) is 12.3 Å². The van der Waals surface area contributed by atoms with E-state index in [1.54, 1.807) is 29.8 Å². The summed E-state index contributed by atoms with van der Waals surface area (Å²) in [4.78, 5) is 32.2. The second-order valence-electron chi connectivity index (χ2n) is 7.82. The number of fused-ring (bicyclic) bond motifs is 3. The maximum Gasteiger partial charge on any atom is 0.267 e. The van der Waals surface area contributed by atoms with E-state index in [0.717, 1.165) is 4.90 Å². The molecule has 2 aliphatic rings. The van der Waals surface area contributed by atoms with Crippen LogP contribution in [0.25, 0.3) is 11.0 Å². The van der Waals surface area contributed by atoms with Crippen molar-refractivity contribution in [1.29, 1.82) is 0 Å². The number of methoxy groups -OCH3 is 2. The number of pyridine rings is 1. The zero-order valence-corrected chi connectivity index (χ0v) is 18.5. The van der Waals surface area contributed by atoms with Crippen molar-refractivity contribution >= 4 is 38.4 Å². The zero-order valence-electron chi connectivity index (χ0n) is 17.7. The van der Waals surface area contributed by atoms with Crippen molar-refractivity contribution in [3.8, 4) is 11.5 Å². The van der Waals surface area contributed by atoms with E-state index in [1.165, 1.54) is 20.4 Å². The number of ether oxygens (including phenoxy) is 2. The average molecular weight is 456 g/mol. The smallest absolute Gasteiger partial charge is 0.267 e. The molecule has 166 valence electrons. The summed E-state index contributed by atoms with van der Waals surface area (Å²) in [5, 5.41) is 4.95. The van der Waals surface area contributed by atoms with Gasteiger partial charge in [-0.2, -0.15) is 5.10 Å². The molecule has 3 aromatic rings. The first-order valence-electron chi connectivity index (χ1n) is 9.94. The van der Waals surface area contributed by atoms with Gasteiger partial charge in [0.15, 0.2) is 15.5 Å². The lowest BCUT2D eigenvalue weighted by Crippen LogP contribution is -2.29. The van der Waals surface area contributed by atoms with E-state index in [9.17, 15) is 18.0 Å². The van der Waals surface area contributed by atoms with Gasteiger partial charge >= 0.3 is 0 Å². The van der Waals surface area contributed by atoms with Crippen LogP contribution in [-0.4, -0.2) is 60.7 Å². The monoisotopic (exact) mass is 456 g/mol. The molecule has 0 saturated carbocycles. The summed E-state index contributed by atoms with van der Waals surface area (Å²) in [6, 6.07) is 4.46. The summed E-state index contributed by atoms with van der Waals surface area (Å²) in [5.41, 5.74) is 1.58. The lowest BCUT2D eigenvalue weighted by atomic mass is 10.1. The largest absolute Gasteiger partial charge is 0.497 e. The summed E-state index contributed by atoms with van der Waals surface area (Å²) < 4.78 is 36.1. The van der Waals surface area contributed by atoms with Crippen LogP contribution in [0.2, 0.25) is 0 Å². The highest BCUT2D eigenvalue weighted by atomic mass is 32.2. The van der Waals surface area contributed by atoms with E-state index in [2.05, 4.69) is 10.1 Å². The Hall–Kier alpha value is -3.47. The molecule has 11 heteroatoms. The van der Waals surface area contributed by atoms with Crippen LogP contribution in [0.15, 0.2) is 24.4 Å². The molecular formula is C21H20N4O6S. The maximum atomic E-state index is 13.5. The van der Waals surface area contributed by atoms with Crippen molar-refractivity contribution in [2.24, 2.45) is 0 Å². The molecule has 0 bridgehead atoms. The van der Waals surface area contributed by atoms with Crippen molar-refractivity contribution < 1.29 is 27.5 Å². The number of hydrogen-bond acceptors (Lipinski definition) is 8. The van der Waals surface area contributed by atoms with Crippen molar-refractivity contribution in [2.45, 2.75) is 19.4 Å². The number of amides is 2. The normalized spacial score (nSPS) is 19.6. The Morgan fingerprint density at radius 2 is 1.91 bits per heavy atom. The summed E-state index contributed by atoms with van der Waals surface area (Å²) in [7, 11) is -0.181. The second kappa shape index (κ2) is 7.02. The number of benzene rings is 1. The quantitative estimate of drug-likeness (QED) is 0.546. The first-order chi connectivity index (χ1) is 15.3. The predicted octanol–water partition coefficient (Wildman–Crippen LogP) is 1.92. The van der Waals surface area contributed by atoms with E-state index < -0.39 is 21.7 Å². The van der Waals surface area contributed by atoms with E-state index >= 15 is 0 Å². The number of sulfone groups is 1. The van der Waals surface area contributed by atoms with Crippen molar-refractivity contribution in [3.05, 3.63) is 41.2 Å². The van der Waals surface area contributed by atoms with E-state index in [1.807, 2.05) is 0 Å². The Labute approximate surface area is 183 Å². The molecule has 0 aliphatic carbocycles. The van der Waals surface area contributed by atoms with Crippen molar-refractivity contribution in [3.63, 3.8) is 0 Å². The van der Waals surface area contributed by atoms with Crippen molar-refractivity contribution in [1.82, 2.24) is 14.8 Å². The minimum absolute atomic E-state index is 0.0238. The number of carbonyl (C=O) groups excluding carboxylic acids is 2. The van der Waals surface area contributed by atoms with Gasteiger partial charge in [-0.25, -0.2) is 23.0 Å². The molecule has 1 fully saturated rings. The van der Waals surface area contributed by atoms with Crippen LogP contribution < -0.4 is 14.4 Å². The Morgan fingerprint density at radius 3 is 2.56 bits per heavy atom. The Morgan fingerprint density at radius 1 is 1.12 bits per heavy atom. The number of rotatable bonds is 4. The van der Waals surface area contributed by atoms with Crippen LogP contribution in [0.5, 0.6) is 11.5 Å². The molecule has 2 aromatic heterocycles. The molecule has 1 saturated heterocycles. The van der Waals surface area contributed by atoms with Gasteiger partial charge in [-0.1, -0.05) is 0 Å². The van der Waals surface area contributed by atoms with Crippen LogP contribution >= 0.6 is 0 Å². The summed E-state index contributed by atoms with van der Waals surface area (Å²) in [5.74, 6) is -0.127. The van der Waals surface area contributed by atoms with Gasteiger partial charge in [-0.3, -0.25) is 9.59 Å². The number of hydrogen-bond donors (Lipinski definition) is 0. The molecule has 10 nitrogen and oxygen atoms in total.